The number of methoxy groups -OCH3 is 1. The summed E-state index contributed by atoms with van der Waals surface area (Å²) in [6, 6.07) is 3.29. The molecule has 0 bridgehead atoms. The van der Waals surface area contributed by atoms with Crippen LogP contribution in [0.2, 0.25) is 0 Å². The lowest BCUT2D eigenvalue weighted by atomic mass is 10.3. The first-order valence-corrected chi connectivity index (χ1v) is 5.66. The highest BCUT2D eigenvalue weighted by atomic mass is 32.2. The van der Waals surface area contributed by atoms with Crippen molar-refractivity contribution < 1.29 is 17.3 Å². The van der Waals surface area contributed by atoms with Gasteiger partial charge in [-0.15, -0.1) is 0 Å². The van der Waals surface area contributed by atoms with Crippen LogP contribution in [0.25, 0.3) is 0 Å². The molecular weight excluding hydrogens is 206 g/mol. The quantitative estimate of drug-likeness (QED) is 0.690. The highest BCUT2D eigenvalue weighted by molar-refractivity contribution is 7.85. The maximum absolute atomic E-state index is 10.7. The molecule has 0 fully saturated rings. The number of pyridine rings is 1. The molecule has 0 N–H and O–H groups in total. The van der Waals surface area contributed by atoms with Crippen molar-refractivity contribution in [3.05, 3.63) is 24.0 Å². The van der Waals surface area contributed by atoms with Gasteiger partial charge in [0.05, 0.1) is 19.1 Å². The Kier molecular flexibility index (Phi) is 3.43. The Balaban J connectivity index is 2.68. The van der Waals surface area contributed by atoms with E-state index in [4.69, 9.17) is 4.74 Å². The van der Waals surface area contributed by atoms with Gasteiger partial charge in [0.2, 0.25) is 0 Å². The van der Waals surface area contributed by atoms with E-state index in [1.165, 1.54) is 13.3 Å². The van der Waals surface area contributed by atoms with Crippen molar-refractivity contribution in [2.24, 2.45) is 0 Å². The number of nitrogens with zero attached hydrogens (tertiary/aromatic N) is 1. The first kappa shape index (κ1) is 10.9. The zero-order valence-corrected chi connectivity index (χ0v) is 8.74. The van der Waals surface area contributed by atoms with Crippen molar-refractivity contribution in [1.82, 2.24) is 4.98 Å². The SMILES string of the molecule is COc1ccnc(COS(C)(=O)=O)c1. The maximum Gasteiger partial charge on any atom is 0.264 e. The third-order valence-corrected chi connectivity index (χ3v) is 1.99. The Morgan fingerprint density at radius 2 is 2.21 bits per heavy atom. The summed E-state index contributed by atoms with van der Waals surface area (Å²) in [4.78, 5) is 3.92. The van der Waals surface area contributed by atoms with Crippen LogP contribution in [0, 0.1) is 0 Å². The second-order valence-corrected chi connectivity index (χ2v) is 4.30. The molecule has 0 aromatic carbocycles. The predicted molar refractivity (Wildman–Crippen MR) is 50.4 cm³/mol. The lowest BCUT2D eigenvalue weighted by Crippen LogP contribution is -2.03. The van der Waals surface area contributed by atoms with Gasteiger partial charge in [-0.3, -0.25) is 9.17 Å². The summed E-state index contributed by atoms with van der Waals surface area (Å²) in [6.45, 7) is -0.0734. The maximum atomic E-state index is 10.7. The lowest BCUT2D eigenvalue weighted by Gasteiger charge is -2.03. The van der Waals surface area contributed by atoms with E-state index in [0.717, 1.165) is 6.26 Å². The predicted octanol–water partition coefficient (Wildman–Crippen LogP) is 0.566. The van der Waals surface area contributed by atoms with E-state index in [-0.39, 0.29) is 6.61 Å². The Bertz CT molecular complexity index is 402. The van der Waals surface area contributed by atoms with Crippen LogP contribution in [-0.4, -0.2) is 26.8 Å². The zero-order chi connectivity index (χ0) is 10.6. The molecule has 0 amide bonds. The second kappa shape index (κ2) is 4.39. The minimum Gasteiger partial charge on any atom is -0.497 e. The van der Waals surface area contributed by atoms with E-state index in [1.54, 1.807) is 12.1 Å². The Morgan fingerprint density at radius 3 is 2.79 bits per heavy atom. The normalized spacial score (nSPS) is 11.3. The fraction of sp³-hybridized carbons (Fsp3) is 0.375. The summed E-state index contributed by atoms with van der Waals surface area (Å²) in [5.74, 6) is 0.618. The molecule has 0 aliphatic carbocycles. The van der Waals surface area contributed by atoms with Crippen LogP contribution in [0.3, 0.4) is 0 Å². The van der Waals surface area contributed by atoms with Crippen LogP contribution in [0.5, 0.6) is 5.75 Å². The van der Waals surface area contributed by atoms with E-state index in [9.17, 15) is 8.42 Å². The molecule has 0 atom stereocenters. The molecule has 1 heterocycles. The Labute approximate surface area is 82.8 Å². The van der Waals surface area contributed by atoms with E-state index in [2.05, 4.69) is 9.17 Å². The molecule has 0 saturated heterocycles. The molecule has 0 radical (unpaired) electrons. The highest BCUT2D eigenvalue weighted by Gasteiger charge is 2.04. The first-order chi connectivity index (χ1) is 6.51. The summed E-state index contributed by atoms with van der Waals surface area (Å²) in [5.41, 5.74) is 0.509. The number of ether oxygens (including phenoxy) is 1. The van der Waals surface area contributed by atoms with E-state index < -0.39 is 10.1 Å². The van der Waals surface area contributed by atoms with E-state index in [1.807, 2.05) is 0 Å². The number of hydrogen-bond donors (Lipinski definition) is 0. The van der Waals surface area contributed by atoms with Gasteiger partial charge in [0.25, 0.3) is 10.1 Å². The molecular formula is C8H11NO4S. The van der Waals surface area contributed by atoms with Crippen molar-refractivity contribution in [2.75, 3.05) is 13.4 Å². The topological polar surface area (TPSA) is 65.5 Å². The van der Waals surface area contributed by atoms with Gasteiger partial charge >= 0.3 is 0 Å². The van der Waals surface area contributed by atoms with Gasteiger partial charge in [0.1, 0.15) is 12.4 Å². The third kappa shape index (κ3) is 3.71. The fourth-order valence-electron chi connectivity index (χ4n) is 0.829. The number of hydrogen-bond acceptors (Lipinski definition) is 5. The molecule has 0 saturated carbocycles. The van der Waals surface area contributed by atoms with Crippen molar-refractivity contribution in [3.63, 3.8) is 0 Å². The second-order valence-electron chi connectivity index (χ2n) is 2.65. The zero-order valence-electron chi connectivity index (χ0n) is 7.93. The van der Waals surface area contributed by atoms with Crippen molar-refractivity contribution in [2.45, 2.75) is 6.61 Å². The minimum atomic E-state index is -3.42. The summed E-state index contributed by atoms with van der Waals surface area (Å²) < 4.78 is 30.9. The average molecular weight is 217 g/mol. The summed E-state index contributed by atoms with van der Waals surface area (Å²) in [7, 11) is -1.90. The minimum absolute atomic E-state index is 0.0734. The molecule has 5 nitrogen and oxygen atoms in total. The van der Waals surface area contributed by atoms with E-state index in [0.29, 0.717) is 11.4 Å². The molecule has 1 aromatic heterocycles. The van der Waals surface area contributed by atoms with Crippen LogP contribution in [0.4, 0.5) is 0 Å². The molecule has 0 aliphatic rings. The van der Waals surface area contributed by atoms with Gasteiger partial charge < -0.3 is 4.74 Å². The van der Waals surface area contributed by atoms with Gasteiger partial charge in [-0.2, -0.15) is 8.42 Å². The van der Waals surface area contributed by atoms with Crippen LogP contribution in [0.15, 0.2) is 18.3 Å². The average Bonchev–Trinajstić information content (AvgIpc) is 2.14. The van der Waals surface area contributed by atoms with Gasteiger partial charge in [-0.25, -0.2) is 0 Å². The molecule has 1 aromatic rings. The summed E-state index contributed by atoms with van der Waals surface area (Å²) >= 11 is 0. The first-order valence-electron chi connectivity index (χ1n) is 3.84. The number of aromatic nitrogens is 1. The van der Waals surface area contributed by atoms with Crippen LogP contribution >= 0.6 is 0 Å². The number of rotatable bonds is 4. The van der Waals surface area contributed by atoms with Crippen LogP contribution in [-0.2, 0) is 20.9 Å². The Morgan fingerprint density at radius 1 is 1.50 bits per heavy atom. The van der Waals surface area contributed by atoms with Crippen LogP contribution in [0.1, 0.15) is 5.69 Å². The molecule has 14 heavy (non-hydrogen) atoms. The van der Waals surface area contributed by atoms with E-state index >= 15 is 0 Å². The molecule has 78 valence electrons. The smallest absolute Gasteiger partial charge is 0.264 e. The molecule has 0 spiro atoms. The van der Waals surface area contributed by atoms with Gasteiger partial charge in [-0.1, -0.05) is 0 Å². The van der Waals surface area contributed by atoms with Crippen molar-refractivity contribution in [3.8, 4) is 5.75 Å². The Hall–Kier alpha value is -1.14. The van der Waals surface area contributed by atoms with Crippen molar-refractivity contribution >= 4 is 10.1 Å². The highest BCUT2D eigenvalue weighted by Crippen LogP contribution is 2.10. The monoisotopic (exact) mass is 217 g/mol. The molecule has 0 unspecified atom stereocenters. The van der Waals surface area contributed by atoms with Gasteiger partial charge in [-0.05, 0) is 6.07 Å². The lowest BCUT2D eigenvalue weighted by molar-refractivity contribution is 0.306. The van der Waals surface area contributed by atoms with Crippen LogP contribution < -0.4 is 4.74 Å². The molecule has 6 heteroatoms. The third-order valence-electron chi connectivity index (χ3n) is 1.44. The summed E-state index contributed by atoms with van der Waals surface area (Å²) in [6.07, 6.45) is 2.52. The standard InChI is InChI=1S/C8H11NO4S/c1-12-8-3-4-9-7(5-8)6-13-14(2,10)11/h3-5H,6H2,1-2H3. The fourth-order valence-corrected chi connectivity index (χ4v) is 1.16. The molecule has 1 rings (SSSR count). The summed E-state index contributed by atoms with van der Waals surface area (Å²) in [5, 5.41) is 0. The van der Waals surface area contributed by atoms with Gasteiger partial charge in [0.15, 0.2) is 0 Å². The van der Waals surface area contributed by atoms with Crippen molar-refractivity contribution in [1.29, 1.82) is 0 Å². The van der Waals surface area contributed by atoms with Gasteiger partial charge in [0, 0.05) is 12.3 Å². The molecule has 0 aliphatic heterocycles. The largest absolute Gasteiger partial charge is 0.497 e.